The molecule has 0 aromatic heterocycles. The van der Waals surface area contributed by atoms with Crippen LogP contribution in [-0.4, -0.2) is 17.0 Å². The van der Waals surface area contributed by atoms with Crippen LogP contribution in [0.2, 0.25) is 5.02 Å². The number of carboxylic acids is 1. The molecule has 2 aromatic carbocycles. The first-order chi connectivity index (χ1) is 10.9. The molecule has 0 atom stereocenters. The first-order valence-corrected chi connectivity index (χ1v) is 7.02. The van der Waals surface area contributed by atoms with Crippen molar-refractivity contribution in [1.82, 2.24) is 0 Å². The molecule has 0 aliphatic heterocycles. The van der Waals surface area contributed by atoms with E-state index >= 15 is 0 Å². The Labute approximate surface area is 137 Å². The van der Waals surface area contributed by atoms with Gasteiger partial charge in [0.25, 0.3) is 5.91 Å². The van der Waals surface area contributed by atoms with Gasteiger partial charge in [-0.15, -0.1) is 0 Å². The minimum Gasteiger partial charge on any atom is -0.478 e. The highest BCUT2D eigenvalue weighted by molar-refractivity contribution is 6.31. The maximum Gasteiger partial charge on any atom is 0.335 e. The third-order valence-electron chi connectivity index (χ3n) is 3.04. The number of carboxylic acid groups (broad SMARTS) is 1. The first kappa shape index (κ1) is 16.7. The summed E-state index contributed by atoms with van der Waals surface area (Å²) >= 11 is 5.83. The van der Waals surface area contributed by atoms with E-state index in [1.165, 1.54) is 37.3 Å². The molecule has 2 rings (SSSR count). The van der Waals surface area contributed by atoms with Crippen molar-refractivity contribution in [2.75, 3.05) is 5.32 Å². The van der Waals surface area contributed by atoms with Crippen molar-refractivity contribution in [2.45, 2.75) is 6.92 Å². The summed E-state index contributed by atoms with van der Waals surface area (Å²) in [5, 5.41) is 11.7. The number of benzene rings is 2. The Morgan fingerprint density at radius 3 is 2.57 bits per heavy atom. The molecule has 4 nitrogen and oxygen atoms in total. The van der Waals surface area contributed by atoms with Gasteiger partial charge in [-0.1, -0.05) is 29.8 Å². The van der Waals surface area contributed by atoms with Gasteiger partial charge < -0.3 is 10.4 Å². The number of hydrogen-bond acceptors (Lipinski definition) is 2. The largest absolute Gasteiger partial charge is 0.478 e. The van der Waals surface area contributed by atoms with Gasteiger partial charge in [0.15, 0.2) is 0 Å². The zero-order valence-corrected chi connectivity index (χ0v) is 12.9. The second-order valence-electron chi connectivity index (χ2n) is 4.84. The van der Waals surface area contributed by atoms with Crippen LogP contribution in [0.4, 0.5) is 10.1 Å². The SMILES string of the molecule is CC(=Cc1ccccc1F)C(=O)Nc1cc(Cl)cc(C(=O)O)c1. The lowest BCUT2D eigenvalue weighted by atomic mass is 10.1. The summed E-state index contributed by atoms with van der Waals surface area (Å²) in [6, 6.07) is 10.1. The number of amides is 1. The predicted molar refractivity (Wildman–Crippen MR) is 87.1 cm³/mol. The van der Waals surface area contributed by atoms with Crippen LogP contribution >= 0.6 is 11.6 Å². The molecule has 23 heavy (non-hydrogen) atoms. The molecule has 0 saturated heterocycles. The highest BCUT2D eigenvalue weighted by atomic mass is 35.5. The Bertz CT molecular complexity index is 802. The smallest absolute Gasteiger partial charge is 0.335 e. The van der Waals surface area contributed by atoms with E-state index in [2.05, 4.69) is 5.32 Å². The fourth-order valence-corrected chi connectivity index (χ4v) is 2.14. The number of halogens is 2. The summed E-state index contributed by atoms with van der Waals surface area (Å²) in [7, 11) is 0. The van der Waals surface area contributed by atoms with E-state index in [0.29, 0.717) is 0 Å². The van der Waals surface area contributed by atoms with E-state index in [1.807, 2.05) is 0 Å². The maximum absolute atomic E-state index is 13.6. The molecule has 0 heterocycles. The molecule has 0 bridgehead atoms. The van der Waals surface area contributed by atoms with Crippen LogP contribution in [0.25, 0.3) is 6.08 Å². The number of anilines is 1. The zero-order chi connectivity index (χ0) is 17.0. The van der Waals surface area contributed by atoms with Gasteiger partial charge in [0, 0.05) is 21.8 Å². The molecule has 118 valence electrons. The third kappa shape index (κ3) is 4.40. The molecule has 6 heteroatoms. The Balaban J connectivity index is 2.22. The van der Waals surface area contributed by atoms with Gasteiger partial charge in [0.05, 0.1) is 5.56 Å². The van der Waals surface area contributed by atoms with Gasteiger partial charge >= 0.3 is 5.97 Å². The monoisotopic (exact) mass is 333 g/mol. The van der Waals surface area contributed by atoms with E-state index in [9.17, 15) is 14.0 Å². The van der Waals surface area contributed by atoms with Crippen LogP contribution in [0.1, 0.15) is 22.8 Å². The van der Waals surface area contributed by atoms with Crippen LogP contribution in [-0.2, 0) is 4.79 Å². The number of hydrogen-bond donors (Lipinski definition) is 2. The van der Waals surface area contributed by atoms with Crippen molar-refractivity contribution in [3.63, 3.8) is 0 Å². The number of carbonyl (C=O) groups excluding carboxylic acids is 1. The maximum atomic E-state index is 13.6. The normalized spacial score (nSPS) is 11.2. The van der Waals surface area contributed by atoms with E-state index in [0.717, 1.165) is 0 Å². The molecule has 0 aliphatic rings. The number of aromatic carboxylic acids is 1. The Kier molecular flexibility index (Phi) is 5.13. The predicted octanol–water partition coefficient (Wildman–Crippen LogP) is 4.22. The molecule has 1 amide bonds. The molecule has 2 N–H and O–H groups in total. The van der Waals surface area contributed by atoms with Crippen LogP contribution in [0, 0.1) is 5.82 Å². The van der Waals surface area contributed by atoms with Crippen molar-refractivity contribution < 1.29 is 19.1 Å². The summed E-state index contributed by atoms with van der Waals surface area (Å²) in [4.78, 5) is 23.1. The lowest BCUT2D eigenvalue weighted by molar-refractivity contribution is -0.112. The van der Waals surface area contributed by atoms with Crippen molar-refractivity contribution in [3.8, 4) is 0 Å². The topological polar surface area (TPSA) is 66.4 Å². The first-order valence-electron chi connectivity index (χ1n) is 6.65. The highest BCUT2D eigenvalue weighted by Crippen LogP contribution is 2.20. The Morgan fingerprint density at radius 1 is 1.22 bits per heavy atom. The molecular weight excluding hydrogens is 321 g/mol. The average molecular weight is 334 g/mol. The van der Waals surface area contributed by atoms with Crippen molar-refractivity contribution in [1.29, 1.82) is 0 Å². The molecule has 0 aliphatic carbocycles. The van der Waals surface area contributed by atoms with Crippen LogP contribution in [0.3, 0.4) is 0 Å². The number of nitrogens with one attached hydrogen (secondary N) is 1. The molecular formula is C17H13ClFNO3. The summed E-state index contributed by atoms with van der Waals surface area (Å²) < 4.78 is 13.6. The molecule has 0 saturated carbocycles. The van der Waals surface area contributed by atoms with Gasteiger partial charge in [0.2, 0.25) is 0 Å². The summed E-state index contributed by atoms with van der Waals surface area (Å²) in [6.07, 6.45) is 1.41. The second kappa shape index (κ2) is 7.07. The molecule has 0 fully saturated rings. The fraction of sp³-hybridized carbons (Fsp3) is 0.0588. The summed E-state index contributed by atoms with van der Waals surface area (Å²) in [6.45, 7) is 1.53. The molecule has 0 radical (unpaired) electrons. The second-order valence-corrected chi connectivity index (χ2v) is 5.27. The lowest BCUT2D eigenvalue weighted by Crippen LogP contribution is -2.13. The van der Waals surface area contributed by atoms with Gasteiger partial charge in [-0.2, -0.15) is 0 Å². The minimum absolute atomic E-state index is 0.0384. The van der Waals surface area contributed by atoms with Gasteiger partial charge in [0.1, 0.15) is 5.82 Å². The van der Waals surface area contributed by atoms with E-state index in [-0.39, 0.29) is 27.4 Å². The van der Waals surface area contributed by atoms with Crippen molar-refractivity contribution in [2.24, 2.45) is 0 Å². The molecule has 0 spiro atoms. The third-order valence-corrected chi connectivity index (χ3v) is 3.26. The highest BCUT2D eigenvalue weighted by Gasteiger charge is 2.10. The fourth-order valence-electron chi connectivity index (χ4n) is 1.91. The summed E-state index contributed by atoms with van der Waals surface area (Å²) in [5.74, 6) is -2.07. The standard InChI is InChI=1S/C17H13ClFNO3/c1-10(6-11-4-2-3-5-15(11)19)16(21)20-14-8-12(17(22)23)7-13(18)9-14/h2-9H,1H3,(H,20,21)(H,22,23). The van der Waals surface area contributed by atoms with E-state index < -0.39 is 17.7 Å². The molecule has 0 unspecified atom stereocenters. The van der Waals surface area contributed by atoms with Crippen molar-refractivity contribution >= 4 is 35.2 Å². The van der Waals surface area contributed by atoms with E-state index in [1.54, 1.807) is 18.2 Å². The molecule has 2 aromatic rings. The van der Waals surface area contributed by atoms with Crippen LogP contribution in [0.5, 0.6) is 0 Å². The van der Waals surface area contributed by atoms with E-state index in [4.69, 9.17) is 16.7 Å². The van der Waals surface area contributed by atoms with Crippen LogP contribution in [0.15, 0.2) is 48.0 Å². The number of rotatable bonds is 4. The Hall–Kier alpha value is -2.66. The quantitative estimate of drug-likeness (QED) is 0.823. The van der Waals surface area contributed by atoms with Gasteiger partial charge in [-0.05, 0) is 37.3 Å². The zero-order valence-electron chi connectivity index (χ0n) is 12.1. The van der Waals surface area contributed by atoms with Crippen molar-refractivity contribution in [3.05, 3.63) is 70.0 Å². The van der Waals surface area contributed by atoms with Gasteiger partial charge in [-0.25, -0.2) is 9.18 Å². The Morgan fingerprint density at radius 2 is 1.91 bits per heavy atom. The van der Waals surface area contributed by atoms with Gasteiger partial charge in [-0.3, -0.25) is 4.79 Å². The number of carbonyl (C=O) groups is 2. The lowest BCUT2D eigenvalue weighted by Gasteiger charge is -2.07. The minimum atomic E-state index is -1.15. The summed E-state index contributed by atoms with van der Waals surface area (Å²) in [5.41, 5.74) is 0.772. The average Bonchev–Trinajstić information content (AvgIpc) is 2.48. The van der Waals surface area contributed by atoms with Crippen LogP contribution < -0.4 is 5.32 Å².